The van der Waals surface area contributed by atoms with Crippen molar-refractivity contribution in [2.75, 3.05) is 0 Å². The monoisotopic (exact) mass is 208 g/mol. The molecule has 1 aromatic carbocycles. The van der Waals surface area contributed by atoms with Crippen molar-refractivity contribution in [3.8, 4) is 0 Å². The summed E-state index contributed by atoms with van der Waals surface area (Å²) in [6.45, 7) is 0. The first-order chi connectivity index (χ1) is 6.65. The fourth-order valence-electron chi connectivity index (χ4n) is 2.09. The van der Waals surface area contributed by atoms with Gasteiger partial charge in [0.1, 0.15) is 0 Å². The number of hydrogen-bond donors (Lipinski definition) is 2. The fourth-order valence-corrected chi connectivity index (χ4v) is 2.32. The first-order valence-electron chi connectivity index (χ1n) is 4.67. The first-order valence-corrected chi connectivity index (χ1v) is 5.12. The van der Waals surface area contributed by atoms with Gasteiger partial charge in [-0.1, -0.05) is 6.07 Å². The molecule has 0 fully saturated rings. The van der Waals surface area contributed by atoms with E-state index in [1.165, 1.54) is 11.1 Å². The maximum absolute atomic E-state index is 10.6. The Morgan fingerprint density at radius 2 is 2.14 bits per heavy atom. The predicted octanol–water partition coefficient (Wildman–Crippen LogP) is 2.16. The minimum absolute atomic E-state index is 0.274. The van der Waals surface area contributed by atoms with Crippen molar-refractivity contribution in [3.63, 3.8) is 0 Å². The zero-order valence-corrected chi connectivity index (χ0v) is 8.63. The van der Waals surface area contributed by atoms with E-state index < -0.39 is 5.97 Å². The summed E-state index contributed by atoms with van der Waals surface area (Å²) in [7, 11) is 0. The maximum atomic E-state index is 10.6. The molecule has 0 aromatic heterocycles. The molecule has 0 amide bonds. The largest absolute Gasteiger partial charge is 0.481 e. The third-order valence-electron chi connectivity index (χ3n) is 2.67. The second-order valence-electron chi connectivity index (χ2n) is 3.83. The van der Waals surface area contributed by atoms with Gasteiger partial charge in [0.2, 0.25) is 0 Å². The van der Waals surface area contributed by atoms with Crippen LogP contribution < -0.4 is 0 Å². The Kier molecular flexibility index (Phi) is 2.50. The number of hydrogen-bond acceptors (Lipinski definition) is 2. The van der Waals surface area contributed by atoms with E-state index in [0.29, 0.717) is 0 Å². The molecule has 1 aliphatic carbocycles. The lowest BCUT2D eigenvalue weighted by molar-refractivity contribution is -0.138. The van der Waals surface area contributed by atoms with Gasteiger partial charge in [-0.25, -0.2) is 0 Å². The summed E-state index contributed by atoms with van der Waals surface area (Å²) < 4.78 is 0. The molecule has 1 aromatic rings. The lowest BCUT2D eigenvalue weighted by atomic mass is 10.0. The normalized spacial score (nSPS) is 19.4. The zero-order chi connectivity index (χ0) is 10.1. The molecule has 1 unspecified atom stereocenters. The summed E-state index contributed by atoms with van der Waals surface area (Å²) in [5.41, 5.74) is 2.55. The van der Waals surface area contributed by atoms with E-state index in [1.807, 2.05) is 12.1 Å². The molecule has 1 N–H and O–H groups in total. The van der Waals surface area contributed by atoms with E-state index in [-0.39, 0.29) is 12.3 Å². The summed E-state index contributed by atoms with van der Waals surface area (Å²) in [5.74, 6) is -0.425. The van der Waals surface area contributed by atoms with Crippen LogP contribution in [0.1, 0.15) is 17.5 Å². The molecule has 0 bridgehead atoms. The van der Waals surface area contributed by atoms with Gasteiger partial charge < -0.3 is 5.11 Å². The average molecular weight is 208 g/mol. The van der Waals surface area contributed by atoms with Crippen molar-refractivity contribution < 1.29 is 9.90 Å². The Bertz CT molecular complexity index is 374. The molecule has 0 saturated carbocycles. The Morgan fingerprint density at radius 1 is 1.43 bits per heavy atom. The Balaban J connectivity index is 2.14. The van der Waals surface area contributed by atoms with E-state index in [4.69, 9.17) is 5.11 Å². The van der Waals surface area contributed by atoms with E-state index in [0.717, 1.165) is 17.7 Å². The predicted molar refractivity (Wildman–Crippen MR) is 56.8 cm³/mol. The summed E-state index contributed by atoms with van der Waals surface area (Å²) in [5, 5.41) is 8.69. The second-order valence-corrected chi connectivity index (χ2v) is 4.34. The zero-order valence-electron chi connectivity index (χ0n) is 7.73. The van der Waals surface area contributed by atoms with Gasteiger partial charge in [0.25, 0.3) is 0 Å². The van der Waals surface area contributed by atoms with Gasteiger partial charge in [-0.2, -0.15) is 0 Å². The highest BCUT2D eigenvalue weighted by molar-refractivity contribution is 7.80. The van der Waals surface area contributed by atoms with Crippen molar-refractivity contribution in [2.45, 2.75) is 24.2 Å². The highest BCUT2D eigenvalue weighted by atomic mass is 32.1. The summed E-state index contributed by atoms with van der Waals surface area (Å²) in [6.07, 6.45) is 2.06. The van der Waals surface area contributed by atoms with Crippen LogP contribution >= 0.6 is 12.6 Å². The minimum atomic E-state index is -0.700. The minimum Gasteiger partial charge on any atom is -0.481 e. The van der Waals surface area contributed by atoms with Crippen molar-refractivity contribution in [1.29, 1.82) is 0 Å². The van der Waals surface area contributed by atoms with Crippen LogP contribution in [0.25, 0.3) is 0 Å². The lowest BCUT2D eigenvalue weighted by Gasteiger charge is -2.02. The maximum Gasteiger partial charge on any atom is 0.303 e. The molecule has 2 nitrogen and oxygen atoms in total. The smallest absolute Gasteiger partial charge is 0.303 e. The van der Waals surface area contributed by atoms with Gasteiger partial charge >= 0.3 is 5.97 Å². The molecule has 0 saturated heterocycles. The van der Waals surface area contributed by atoms with Crippen LogP contribution in [0, 0.1) is 5.92 Å². The quantitative estimate of drug-likeness (QED) is 0.731. The van der Waals surface area contributed by atoms with Gasteiger partial charge in [0, 0.05) is 11.3 Å². The van der Waals surface area contributed by atoms with Crippen LogP contribution in [0.15, 0.2) is 23.1 Å². The molecule has 74 valence electrons. The molecule has 1 aliphatic rings. The van der Waals surface area contributed by atoms with E-state index in [1.54, 1.807) is 0 Å². The van der Waals surface area contributed by atoms with Crippen LogP contribution in [-0.4, -0.2) is 11.1 Å². The van der Waals surface area contributed by atoms with Gasteiger partial charge in [0.05, 0.1) is 0 Å². The number of fused-ring (bicyclic) bond motifs is 1. The Morgan fingerprint density at radius 3 is 2.86 bits per heavy atom. The van der Waals surface area contributed by atoms with Gasteiger partial charge in [-0.3, -0.25) is 4.79 Å². The third kappa shape index (κ3) is 1.93. The highest BCUT2D eigenvalue weighted by Gasteiger charge is 2.23. The molecule has 3 heteroatoms. The van der Waals surface area contributed by atoms with Crippen LogP contribution in [0.2, 0.25) is 0 Å². The SMILES string of the molecule is O=C(O)CC1Cc2ccc(S)cc2C1. The Labute approximate surface area is 88.4 Å². The van der Waals surface area contributed by atoms with Crippen molar-refractivity contribution in [3.05, 3.63) is 29.3 Å². The van der Waals surface area contributed by atoms with Gasteiger partial charge in [-0.15, -0.1) is 12.6 Å². The number of rotatable bonds is 2. The molecular formula is C11H12O2S. The van der Waals surface area contributed by atoms with Crippen LogP contribution in [0.5, 0.6) is 0 Å². The second kappa shape index (κ2) is 3.65. The van der Waals surface area contributed by atoms with Crippen LogP contribution in [-0.2, 0) is 17.6 Å². The molecule has 2 rings (SSSR count). The molecule has 0 radical (unpaired) electrons. The molecule has 14 heavy (non-hydrogen) atoms. The summed E-state index contributed by atoms with van der Waals surface area (Å²) in [4.78, 5) is 11.5. The van der Waals surface area contributed by atoms with Gasteiger partial charge in [-0.05, 0) is 42.0 Å². The number of carboxylic acids is 1. The number of thiol groups is 1. The topological polar surface area (TPSA) is 37.3 Å². The van der Waals surface area contributed by atoms with E-state index in [9.17, 15) is 4.79 Å². The number of carbonyl (C=O) groups is 1. The molecular weight excluding hydrogens is 196 g/mol. The van der Waals surface area contributed by atoms with Gasteiger partial charge in [0.15, 0.2) is 0 Å². The molecule has 0 aliphatic heterocycles. The number of carboxylic acid groups (broad SMARTS) is 1. The summed E-state index contributed by atoms with van der Waals surface area (Å²) >= 11 is 4.27. The van der Waals surface area contributed by atoms with E-state index >= 15 is 0 Å². The molecule has 0 spiro atoms. The standard InChI is InChI=1S/C11H12O2S/c12-11(13)5-7-3-8-1-2-10(14)6-9(8)4-7/h1-2,6-7,14H,3-5H2,(H,12,13). The third-order valence-corrected chi connectivity index (χ3v) is 2.95. The van der Waals surface area contributed by atoms with Crippen LogP contribution in [0.4, 0.5) is 0 Å². The number of aliphatic carboxylic acids is 1. The summed E-state index contributed by atoms with van der Waals surface area (Å²) in [6, 6.07) is 6.06. The van der Waals surface area contributed by atoms with Crippen LogP contribution in [0.3, 0.4) is 0 Å². The van der Waals surface area contributed by atoms with Crippen molar-refractivity contribution in [2.24, 2.45) is 5.92 Å². The highest BCUT2D eigenvalue weighted by Crippen LogP contribution is 2.30. The Hall–Kier alpha value is -0.960. The van der Waals surface area contributed by atoms with Crippen molar-refractivity contribution >= 4 is 18.6 Å². The fraction of sp³-hybridized carbons (Fsp3) is 0.364. The molecule has 1 atom stereocenters. The number of benzene rings is 1. The van der Waals surface area contributed by atoms with Crippen molar-refractivity contribution in [1.82, 2.24) is 0 Å². The first kappa shape index (κ1) is 9.59. The lowest BCUT2D eigenvalue weighted by Crippen LogP contribution is -2.07. The van der Waals surface area contributed by atoms with E-state index in [2.05, 4.69) is 18.7 Å². The average Bonchev–Trinajstić information content (AvgIpc) is 2.44. The molecule has 0 heterocycles.